The molecule has 1 aromatic carbocycles. The largest absolute Gasteiger partial charge is 0.228 e. The van der Waals surface area contributed by atoms with Gasteiger partial charge in [0.1, 0.15) is 0 Å². The van der Waals surface area contributed by atoms with Gasteiger partial charge in [-0.05, 0) is 47.0 Å². The third-order valence-electron chi connectivity index (χ3n) is 4.37. The third-order valence-corrected chi connectivity index (χ3v) is 4.63. The maximum atomic E-state index is 4.74. The van der Waals surface area contributed by atoms with Crippen LogP contribution in [0.3, 0.4) is 0 Å². The van der Waals surface area contributed by atoms with Crippen molar-refractivity contribution in [2.24, 2.45) is 15.9 Å². The van der Waals surface area contributed by atoms with Gasteiger partial charge in [0.05, 0.1) is 23.4 Å². The number of benzene rings is 1. The van der Waals surface area contributed by atoms with Gasteiger partial charge in [0, 0.05) is 5.41 Å². The molecule has 1 aliphatic carbocycles. The van der Waals surface area contributed by atoms with Crippen LogP contribution in [0.5, 0.6) is 0 Å². The first-order chi connectivity index (χ1) is 10.6. The van der Waals surface area contributed by atoms with E-state index in [0.29, 0.717) is 19.0 Å². The van der Waals surface area contributed by atoms with Crippen molar-refractivity contribution >= 4 is 34.8 Å². The molecule has 0 bridgehead atoms. The van der Waals surface area contributed by atoms with Crippen LogP contribution in [0.1, 0.15) is 30.5 Å². The molecule has 0 spiro atoms. The highest BCUT2D eigenvalue weighted by Gasteiger charge is 2.32. The van der Waals surface area contributed by atoms with Gasteiger partial charge in [-0.3, -0.25) is 0 Å². The van der Waals surface area contributed by atoms with Crippen molar-refractivity contribution in [1.29, 1.82) is 0 Å². The maximum absolute atomic E-state index is 4.74. The molecule has 0 fully saturated rings. The Bertz CT molecular complexity index is 708. The Morgan fingerprint density at radius 2 is 1.86 bits per heavy atom. The topological polar surface area (TPSA) is 24.7 Å². The molecule has 0 saturated heterocycles. The fourth-order valence-corrected chi connectivity index (χ4v) is 3.01. The number of rotatable bonds is 5. The van der Waals surface area contributed by atoms with Crippen LogP contribution in [0.15, 0.2) is 52.5 Å². The Hall–Kier alpha value is -1.70. The van der Waals surface area contributed by atoms with Crippen LogP contribution in [0.25, 0.3) is 0 Å². The van der Waals surface area contributed by atoms with Gasteiger partial charge in [-0.25, -0.2) is 9.98 Å². The minimum absolute atomic E-state index is 0.0710. The van der Waals surface area contributed by atoms with Gasteiger partial charge in [0.25, 0.3) is 0 Å². The van der Waals surface area contributed by atoms with E-state index in [4.69, 9.17) is 24.4 Å². The fraction of sp³-hybridized carbons (Fsp3) is 0.333. The van der Waals surface area contributed by atoms with Gasteiger partial charge in [-0.15, -0.1) is 0 Å². The summed E-state index contributed by atoms with van der Waals surface area (Å²) in [4.78, 5) is 8.24. The van der Waals surface area contributed by atoms with E-state index < -0.39 is 0 Å². The van der Waals surface area contributed by atoms with Gasteiger partial charge in [-0.1, -0.05) is 56.4 Å². The number of isothiocyanates is 2. The summed E-state index contributed by atoms with van der Waals surface area (Å²) in [5.41, 5.74) is 3.45. The average Bonchev–Trinajstić information content (AvgIpc) is 2.54. The Morgan fingerprint density at radius 1 is 1.14 bits per heavy atom. The summed E-state index contributed by atoms with van der Waals surface area (Å²) in [6.45, 7) is 5.52. The van der Waals surface area contributed by atoms with E-state index in [0.717, 1.165) is 11.1 Å². The highest BCUT2D eigenvalue weighted by Crippen LogP contribution is 2.39. The molecule has 0 radical (unpaired) electrons. The minimum atomic E-state index is -0.0710. The van der Waals surface area contributed by atoms with Gasteiger partial charge >= 0.3 is 0 Å². The number of aliphatic imine (C=N–C) groups is 2. The lowest BCUT2D eigenvalue weighted by Gasteiger charge is -2.35. The maximum Gasteiger partial charge on any atom is 0.0749 e. The summed E-state index contributed by atoms with van der Waals surface area (Å²) < 4.78 is 0. The van der Waals surface area contributed by atoms with E-state index in [1.165, 1.54) is 5.56 Å². The molecule has 0 heterocycles. The molecule has 0 saturated carbocycles. The van der Waals surface area contributed by atoms with E-state index in [1.807, 2.05) is 0 Å². The van der Waals surface area contributed by atoms with Crippen molar-refractivity contribution in [3.8, 4) is 0 Å². The summed E-state index contributed by atoms with van der Waals surface area (Å²) in [7, 11) is 0. The van der Waals surface area contributed by atoms with E-state index in [1.54, 1.807) is 0 Å². The summed E-state index contributed by atoms with van der Waals surface area (Å²) in [5, 5.41) is 4.90. The lowest BCUT2D eigenvalue weighted by atomic mass is 9.68. The summed E-state index contributed by atoms with van der Waals surface area (Å²) in [6.07, 6.45) is 8.69. The molecule has 2 rings (SSSR count). The molecule has 2 nitrogen and oxygen atoms in total. The first-order valence-corrected chi connectivity index (χ1v) is 7.99. The SMILES string of the molecule is CC1C=CC=CC1(C)c1cccc(CN=C=S)c1CN=C=S. The molecule has 1 aliphatic rings. The molecular formula is C18H18N2S2. The normalized spacial score (nSPS) is 22.7. The Morgan fingerprint density at radius 3 is 2.55 bits per heavy atom. The van der Waals surface area contributed by atoms with Crippen LogP contribution in [0, 0.1) is 5.92 Å². The predicted octanol–water partition coefficient (Wildman–Crippen LogP) is 4.91. The van der Waals surface area contributed by atoms with Gasteiger partial charge < -0.3 is 0 Å². The van der Waals surface area contributed by atoms with Crippen molar-refractivity contribution in [3.63, 3.8) is 0 Å². The lowest BCUT2D eigenvalue weighted by molar-refractivity contribution is 0.453. The van der Waals surface area contributed by atoms with Crippen molar-refractivity contribution in [3.05, 3.63) is 59.2 Å². The second-order valence-electron chi connectivity index (χ2n) is 5.57. The number of hydrogen-bond donors (Lipinski definition) is 0. The smallest absolute Gasteiger partial charge is 0.0749 e. The molecule has 112 valence electrons. The second-order valence-corrected chi connectivity index (χ2v) is 5.94. The summed E-state index contributed by atoms with van der Waals surface area (Å²) in [5.74, 6) is 0.400. The zero-order valence-corrected chi connectivity index (χ0v) is 14.4. The molecule has 2 unspecified atom stereocenters. The number of hydrogen-bond acceptors (Lipinski definition) is 4. The molecule has 2 atom stereocenters. The molecule has 0 N–H and O–H groups in total. The average molecular weight is 326 g/mol. The van der Waals surface area contributed by atoms with Crippen LogP contribution in [0.2, 0.25) is 0 Å². The molecule has 22 heavy (non-hydrogen) atoms. The quantitative estimate of drug-likeness (QED) is 0.567. The van der Waals surface area contributed by atoms with E-state index in [2.05, 4.69) is 76.7 Å². The van der Waals surface area contributed by atoms with Crippen molar-refractivity contribution in [1.82, 2.24) is 0 Å². The van der Waals surface area contributed by atoms with E-state index in [9.17, 15) is 0 Å². The molecule has 0 amide bonds. The zero-order chi connectivity index (χ0) is 16.0. The Kier molecular flexibility index (Phi) is 5.70. The first kappa shape index (κ1) is 16.7. The van der Waals surface area contributed by atoms with Crippen LogP contribution >= 0.6 is 24.4 Å². The number of allylic oxidation sites excluding steroid dienone is 4. The summed E-state index contributed by atoms with van der Waals surface area (Å²) >= 11 is 9.43. The second kappa shape index (κ2) is 7.53. The van der Waals surface area contributed by atoms with E-state index in [-0.39, 0.29) is 5.41 Å². The summed E-state index contributed by atoms with van der Waals surface area (Å²) in [6, 6.07) is 6.29. The van der Waals surface area contributed by atoms with Crippen LogP contribution in [-0.2, 0) is 18.5 Å². The highest BCUT2D eigenvalue weighted by molar-refractivity contribution is 7.78. The van der Waals surface area contributed by atoms with Crippen LogP contribution in [0.4, 0.5) is 0 Å². The third kappa shape index (κ3) is 3.37. The molecule has 0 aromatic heterocycles. The van der Waals surface area contributed by atoms with Gasteiger partial charge in [0.2, 0.25) is 0 Å². The lowest BCUT2D eigenvalue weighted by Crippen LogP contribution is -2.30. The van der Waals surface area contributed by atoms with E-state index >= 15 is 0 Å². The minimum Gasteiger partial charge on any atom is -0.228 e. The molecule has 0 aliphatic heterocycles. The predicted molar refractivity (Wildman–Crippen MR) is 98.7 cm³/mol. The Labute approximate surface area is 142 Å². The van der Waals surface area contributed by atoms with Crippen molar-refractivity contribution < 1.29 is 0 Å². The van der Waals surface area contributed by atoms with Crippen molar-refractivity contribution in [2.45, 2.75) is 32.4 Å². The number of nitrogens with zero attached hydrogens (tertiary/aromatic N) is 2. The zero-order valence-electron chi connectivity index (χ0n) is 12.7. The Balaban J connectivity index is 2.58. The van der Waals surface area contributed by atoms with Crippen molar-refractivity contribution in [2.75, 3.05) is 0 Å². The first-order valence-electron chi connectivity index (χ1n) is 7.18. The monoisotopic (exact) mass is 326 g/mol. The standard InChI is InChI=1S/C18H18N2S2/c1-14-6-3-4-9-18(14,2)17-8-5-7-15(10-19-12-21)16(17)11-20-13-22/h3-9,14H,10-11H2,1-2H3. The van der Waals surface area contributed by atoms with Gasteiger partial charge in [0.15, 0.2) is 0 Å². The number of thiocarbonyl (C=S) groups is 2. The van der Waals surface area contributed by atoms with Gasteiger partial charge in [-0.2, -0.15) is 0 Å². The molecular weight excluding hydrogens is 308 g/mol. The highest BCUT2D eigenvalue weighted by atomic mass is 32.1. The molecule has 4 heteroatoms. The van der Waals surface area contributed by atoms with Crippen LogP contribution < -0.4 is 0 Å². The van der Waals surface area contributed by atoms with Crippen LogP contribution in [-0.4, -0.2) is 10.3 Å². The molecule has 1 aromatic rings. The fourth-order valence-electron chi connectivity index (χ4n) is 2.88.